The lowest BCUT2D eigenvalue weighted by Crippen LogP contribution is -2.48. The number of hydrogen-bond donors (Lipinski definition) is 3. The molecule has 0 unspecified atom stereocenters. The number of oxime groups is 1. The fraction of sp³-hybridized carbons (Fsp3) is 0.290. The highest BCUT2D eigenvalue weighted by Crippen LogP contribution is 2.19. The highest BCUT2D eigenvalue weighted by atomic mass is 32.2. The molecule has 0 saturated carbocycles. The van der Waals surface area contributed by atoms with E-state index in [0.717, 1.165) is 30.0 Å². The second-order valence-electron chi connectivity index (χ2n) is 9.89. The van der Waals surface area contributed by atoms with Crippen LogP contribution in [0.3, 0.4) is 0 Å². The van der Waals surface area contributed by atoms with E-state index in [2.05, 4.69) is 22.4 Å². The van der Waals surface area contributed by atoms with Crippen LogP contribution in [0.4, 0.5) is 8.78 Å². The van der Waals surface area contributed by atoms with Gasteiger partial charge in [-0.25, -0.2) is 17.2 Å². The molecule has 43 heavy (non-hydrogen) atoms. The molecule has 230 valence electrons. The van der Waals surface area contributed by atoms with Crippen molar-refractivity contribution in [1.29, 1.82) is 0 Å². The third kappa shape index (κ3) is 10.3. The monoisotopic (exact) mass is 615 g/mol. The first-order valence-electron chi connectivity index (χ1n) is 13.3. The van der Waals surface area contributed by atoms with E-state index < -0.39 is 39.5 Å². The zero-order chi connectivity index (χ0) is 31.6. The molecule has 3 aromatic carbocycles. The maximum atomic E-state index is 14.0. The Bertz CT molecular complexity index is 1560. The smallest absolute Gasteiger partial charge is 0.251 e. The van der Waals surface area contributed by atoms with Crippen LogP contribution in [0.1, 0.15) is 34.0 Å². The Morgan fingerprint density at radius 1 is 1.07 bits per heavy atom. The molecule has 0 saturated heterocycles. The largest absolute Gasteiger partial charge is 0.497 e. The molecular weight excluding hydrogens is 580 g/mol. The number of aliphatic hydroxyl groups is 1. The molecule has 0 aliphatic heterocycles. The number of carbonyl (C=O) groups excluding carboxylic acids is 1. The molecule has 0 heterocycles. The molecule has 0 radical (unpaired) electrons. The summed E-state index contributed by atoms with van der Waals surface area (Å²) in [5, 5.41) is 20.9. The molecule has 0 aliphatic rings. The zero-order valence-corrected chi connectivity index (χ0v) is 25.0. The van der Waals surface area contributed by atoms with Gasteiger partial charge in [0.1, 0.15) is 24.0 Å². The number of benzene rings is 3. The SMILES string of the molecule is C=CCO/N=C(\C)c1cc(C(=O)N[C@@H](Cc2cc(F)cc(F)c2)[C@H](O)CNCc2cccc(OC)c2)cc(S(C)(=O)=O)c1. The Morgan fingerprint density at radius 3 is 2.42 bits per heavy atom. The molecule has 2 atom stereocenters. The van der Waals surface area contributed by atoms with Crippen LogP contribution in [0.25, 0.3) is 0 Å². The van der Waals surface area contributed by atoms with Crippen LogP contribution in [0.15, 0.2) is 83.4 Å². The van der Waals surface area contributed by atoms with Crippen molar-refractivity contribution >= 4 is 21.5 Å². The van der Waals surface area contributed by atoms with Gasteiger partial charge in [0.05, 0.1) is 29.9 Å². The highest BCUT2D eigenvalue weighted by Gasteiger charge is 2.24. The summed E-state index contributed by atoms with van der Waals surface area (Å²) in [6.07, 6.45) is 1.18. The Hall–Kier alpha value is -4.13. The van der Waals surface area contributed by atoms with E-state index >= 15 is 0 Å². The molecule has 1 amide bonds. The summed E-state index contributed by atoms with van der Waals surface area (Å²) in [7, 11) is -2.18. The Kier molecular flexibility index (Phi) is 11.9. The molecule has 0 bridgehead atoms. The van der Waals surface area contributed by atoms with E-state index in [-0.39, 0.29) is 35.6 Å². The number of halogens is 2. The number of methoxy groups -OCH3 is 1. The summed E-state index contributed by atoms with van der Waals surface area (Å²) in [4.78, 5) is 18.5. The van der Waals surface area contributed by atoms with Gasteiger partial charge in [-0.3, -0.25) is 4.79 Å². The third-order valence-electron chi connectivity index (χ3n) is 6.38. The maximum absolute atomic E-state index is 14.0. The lowest BCUT2D eigenvalue weighted by Gasteiger charge is -2.25. The molecule has 0 aromatic heterocycles. The summed E-state index contributed by atoms with van der Waals surface area (Å²) in [6.45, 7) is 5.64. The Morgan fingerprint density at radius 2 is 1.77 bits per heavy atom. The Labute approximate surface area is 250 Å². The molecule has 0 spiro atoms. The molecule has 9 nitrogen and oxygen atoms in total. The first kappa shape index (κ1) is 33.4. The number of nitrogens with one attached hydrogen (secondary N) is 2. The number of rotatable bonds is 15. The van der Waals surface area contributed by atoms with Gasteiger partial charge < -0.3 is 25.3 Å². The van der Waals surface area contributed by atoms with E-state index in [1.807, 2.05) is 18.2 Å². The van der Waals surface area contributed by atoms with E-state index in [9.17, 15) is 27.1 Å². The van der Waals surface area contributed by atoms with Crippen LogP contribution < -0.4 is 15.4 Å². The number of nitrogens with zero attached hydrogens (tertiary/aromatic N) is 1. The molecule has 3 aromatic rings. The molecular formula is C31H35F2N3O6S. The number of ether oxygens (including phenoxy) is 1. The first-order valence-corrected chi connectivity index (χ1v) is 15.2. The average Bonchev–Trinajstić information content (AvgIpc) is 2.95. The predicted octanol–water partition coefficient (Wildman–Crippen LogP) is 3.80. The van der Waals surface area contributed by atoms with Crippen molar-refractivity contribution in [1.82, 2.24) is 10.6 Å². The van der Waals surface area contributed by atoms with E-state index in [0.29, 0.717) is 23.6 Å². The number of carbonyl (C=O) groups is 1. The van der Waals surface area contributed by atoms with Gasteiger partial charge in [0, 0.05) is 36.5 Å². The van der Waals surface area contributed by atoms with Crippen LogP contribution in [-0.2, 0) is 27.6 Å². The van der Waals surface area contributed by atoms with Crippen molar-refractivity contribution in [2.24, 2.45) is 5.16 Å². The van der Waals surface area contributed by atoms with E-state index in [1.165, 1.54) is 24.3 Å². The van der Waals surface area contributed by atoms with Crippen LogP contribution in [0, 0.1) is 11.6 Å². The number of amides is 1. The summed E-state index contributed by atoms with van der Waals surface area (Å²) < 4.78 is 57.9. The summed E-state index contributed by atoms with van der Waals surface area (Å²) in [5.74, 6) is -1.64. The first-order chi connectivity index (χ1) is 20.4. The lowest BCUT2D eigenvalue weighted by molar-refractivity contribution is 0.0829. The third-order valence-corrected chi connectivity index (χ3v) is 7.48. The molecule has 0 fully saturated rings. The molecule has 3 rings (SSSR count). The quantitative estimate of drug-likeness (QED) is 0.103. The van der Waals surface area contributed by atoms with Crippen LogP contribution in [-0.4, -0.2) is 63.8 Å². The molecule has 12 heteroatoms. The van der Waals surface area contributed by atoms with Gasteiger partial charge in [-0.15, -0.1) is 0 Å². The number of hydrogen-bond acceptors (Lipinski definition) is 8. The van der Waals surface area contributed by atoms with Crippen molar-refractivity contribution in [2.45, 2.75) is 36.9 Å². The van der Waals surface area contributed by atoms with Crippen molar-refractivity contribution in [3.63, 3.8) is 0 Å². The summed E-state index contributed by atoms with van der Waals surface area (Å²) >= 11 is 0. The van der Waals surface area contributed by atoms with Gasteiger partial charge >= 0.3 is 0 Å². The summed E-state index contributed by atoms with van der Waals surface area (Å²) in [6, 6.07) is 13.3. The minimum Gasteiger partial charge on any atom is -0.497 e. The van der Waals surface area contributed by atoms with Crippen LogP contribution in [0.5, 0.6) is 5.75 Å². The Balaban J connectivity index is 1.88. The highest BCUT2D eigenvalue weighted by molar-refractivity contribution is 7.90. The predicted molar refractivity (Wildman–Crippen MR) is 160 cm³/mol. The normalized spacial score (nSPS) is 13.2. The van der Waals surface area contributed by atoms with E-state index in [4.69, 9.17) is 9.57 Å². The van der Waals surface area contributed by atoms with Gasteiger partial charge in [0.25, 0.3) is 5.91 Å². The number of aliphatic hydroxyl groups excluding tert-OH is 1. The fourth-order valence-electron chi connectivity index (χ4n) is 4.20. The summed E-state index contributed by atoms with van der Waals surface area (Å²) in [5.41, 5.74) is 1.71. The van der Waals surface area contributed by atoms with Crippen molar-refractivity contribution in [2.75, 3.05) is 26.5 Å². The van der Waals surface area contributed by atoms with Crippen molar-refractivity contribution in [3.8, 4) is 5.75 Å². The zero-order valence-electron chi connectivity index (χ0n) is 24.1. The average molecular weight is 616 g/mol. The van der Waals surface area contributed by atoms with Gasteiger partial charge in [0.15, 0.2) is 9.84 Å². The molecule has 0 aliphatic carbocycles. The van der Waals surface area contributed by atoms with Crippen LogP contribution in [0.2, 0.25) is 0 Å². The standard InChI is InChI=1S/C31H35F2N3O6S/c1-5-9-42-36-20(2)23-14-24(16-28(15-23)43(4,39)40)31(38)35-29(13-22-10-25(32)17-26(33)11-22)30(37)19-34-18-21-7-6-8-27(12-21)41-3/h5-8,10-12,14-17,29-30,34,37H,1,9,13,18-19H2,2-4H3,(H,35,38)/b36-20+/t29-,30+/m0/s1. The van der Waals surface area contributed by atoms with Gasteiger partial charge in [-0.1, -0.05) is 29.9 Å². The van der Waals surface area contributed by atoms with Crippen LogP contribution >= 0.6 is 0 Å². The molecule has 3 N–H and O–H groups in total. The topological polar surface area (TPSA) is 126 Å². The van der Waals surface area contributed by atoms with Crippen molar-refractivity contribution in [3.05, 3.63) is 107 Å². The van der Waals surface area contributed by atoms with Gasteiger partial charge in [0.2, 0.25) is 0 Å². The fourth-order valence-corrected chi connectivity index (χ4v) is 4.88. The maximum Gasteiger partial charge on any atom is 0.251 e. The second-order valence-corrected chi connectivity index (χ2v) is 11.9. The minimum absolute atomic E-state index is 0.0149. The van der Waals surface area contributed by atoms with Crippen molar-refractivity contribution < 1.29 is 36.7 Å². The minimum atomic E-state index is -3.73. The number of sulfone groups is 1. The van der Waals surface area contributed by atoms with Gasteiger partial charge in [-0.2, -0.15) is 0 Å². The van der Waals surface area contributed by atoms with E-state index in [1.54, 1.807) is 20.1 Å². The van der Waals surface area contributed by atoms with Gasteiger partial charge in [-0.05, 0) is 66.9 Å². The lowest BCUT2D eigenvalue weighted by atomic mass is 9.99. The second kappa shape index (κ2) is 15.4.